The maximum atomic E-state index is 13.1. The Hall–Kier alpha value is -5.58. The quantitative estimate of drug-likeness (QED) is 0.0169. The average Bonchev–Trinajstić information content (AvgIpc) is 0.896. The zero-order valence-corrected chi connectivity index (χ0v) is 69.0. The summed E-state index contributed by atoms with van der Waals surface area (Å²) in [6.45, 7) is 4.43. The van der Waals surface area contributed by atoms with E-state index in [0.717, 1.165) is 193 Å². The van der Waals surface area contributed by atoms with Crippen molar-refractivity contribution in [3.05, 3.63) is 170 Å². The minimum absolute atomic E-state index is 0.0413. The van der Waals surface area contributed by atoms with E-state index >= 15 is 0 Å². The summed E-state index contributed by atoms with van der Waals surface area (Å²) in [5.74, 6) is -2.28. The molecule has 5 atom stereocenters. The fourth-order valence-electron chi connectivity index (χ4n) is 10.5. The van der Waals surface area contributed by atoms with Crippen molar-refractivity contribution in [1.29, 1.82) is 0 Å². The number of carbonyl (C=O) groups is 4. The highest BCUT2D eigenvalue weighted by molar-refractivity contribution is 7.47. The van der Waals surface area contributed by atoms with Crippen LogP contribution in [0.1, 0.15) is 310 Å². The Bertz CT molecular complexity index is 2710. The molecule has 0 rings (SSSR count). The van der Waals surface area contributed by atoms with E-state index in [-0.39, 0.29) is 25.7 Å². The number of rotatable bonds is 76. The lowest BCUT2D eigenvalue weighted by atomic mass is 10.1. The topological polar surface area (TPSA) is 237 Å². The monoisotopic (exact) mass is 1550 g/mol. The largest absolute Gasteiger partial charge is 0.472 e. The molecule has 0 radical (unpaired) electrons. The Kier molecular flexibility index (Phi) is 75.4. The van der Waals surface area contributed by atoms with Gasteiger partial charge < -0.3 is 33.8 Å². The number of aliphatic hydroxyl groups is 1. The van der Waals surface area contributed by atoms with Crippen molar-refractivity contribution in [2.75, 3.05) is 39.6 Å². The van der Waals surface area contributed by atoms with Gasteiger partial charge in [-0.2, -0.15) is 0 Å². The molecule has 0 saturated heterocycles. The average molecular weight is 1550 g/mol. The fourth-order valence-corrected chi connectivity index (χ4v) is 12.0. The van der Waals surface area contributed by atoms with Crippen LogP contribution in [0.5, 0.6) is 0 Å². The number of hydrogen-bond donors (Lipinski definition) is 3. The number of esters is 4. The van der Waals surface area contributed by atoms with Crippen LogP contribution in [0, 0.1) is 0 Å². The third kappa shape index (κ3) is 78.5. The van der Waals surface area contributed by atoms with E-state index in [0.29, 0.717) is 25.7 Å². The van der Waals surface area contributed by atoms with E-state index in [2.05, 4.69) is 198 Å². The summed E-state index contributed by atoms with van der Waals surface area (Å²) in [5, 5.41) is 10.7. The van der Waals surface area contributed by atoms with Crippen LogP contribution in [-0.2, 0) is 65.4 Å². The molecule has 0 saturated carbocycles. The van der Waals surface area contributed by atoms with Crippen molar-refractivity contribution >= 4 is 39.5 Å². The summed E-state index contributed by atoms with van der Waals surface area (Å²) in [7, 11) is -10.0. The van der Waals surface area contributed by atoms with E-state index < -0.39 is 97.5 Å². The number of ether oxygens (including phenoxy) is 4. The van der Waals surface area contributed by atoms with Crippen molar-refractivity contribution in [2.45, 2.75) is 329 Å². The van der Waals surface area contributed by atoms with Gasteiger partial charge >= 0.3 is 39.5 Å². The first-order valence-corrected chi connectivity index (χ1v) is 44.4. The molecule has 614 valence electrons. The second-order valence-electron chi connectivity index (χ2n) is 26.9. The molecule has 5 unspecified atom stereocenters. The molecule has 0 aromatic rings. The summed E-state index contributed by atoms with van der Waals surface area (Å²) in [4.78, 5) is 73.2. The van der Waals surface area contributed by atoms with Crippen molar-refractivity contribution in [3.63, 3.8) is 0 Å². The lowest BCUT2D eigenvalue weighted by Crippen LogP contribution is -2.30. The number of hydrogen-bond acceptors (Lipinski definition) is 15. The highest BCUT2D eigenvalue weighted by Crippen LogP contribution is 2.45. The third-order valence-electron chi connectivity index (χ3n) is 16.7. The van der Waals surface area contributed by atoms with Crippen LogP contribution in [0.25, 0.3) is 0 Å². The molecule has 0 amide bonds. The molecule has 3 N–H and O–H groups in total. The van der Waals surface area contributed by atoms with Gasteiger partial charge in [-0.05, 0) is 173 Å². The van der Waals surface area contributed by atoms with Gasteiger partial charge in [0.05, 0.1) is 26.4 Å². The van der Waals surface area contributed by atoms with Gasteiger partial charge in [-0.15, -0.1) is 0 Å². The molecule has 0 spiro atoms. The van der Waals surface area contributed by atoms with E-state index in [1.54, 1.807) is 0 Å². The molecule has 0 aromatic heterocycles. The summed E-state index contributed by atoms with van der Waals surface area (Å²) in [6, 6.07) is 0. The summed E-state index contributed by atoms with van der Waals surface area (Å²) >= 11 is 0. The Morgan fingerprint density at radius 2 is 0.481 bits per heavy atom. The van der Waals surface area contributed by atoms with Gasteiger partial charge in [0, 0.05) is 25.7 Å². The number of allylic oxidation sites excluding steroid dienone is 28. The van der Waals surface area contributed by atoms with Gasteiger partial charge in [0.25, 0.3) is 0 Å². The first-order chi connectivity index (χ1) is 52.7. The lowest BCUT2D eigenvalue weighted by Gasteiger charge is -2.21. The molecule has 108 heavy (non-hydrogen) atoms. The third-order valence-corrected chi connectivity index (χ3v) is 18.6. The molecule has 19 heteroatoms. The zero-order valence-electron chi connectivity index (χ0n) is 67.2. The second kappa shape index (κ2) is 79.5. The van der Waals surface area contributed by atoms with Crippen LogP contribution in [0.2, 0.25) is 0 Å². The molecule has 0 fully saturated rings. The fraction of sp³-hybridized carbons (Fsp3) is 0.640. The van der Waals surface area contributed by atoms with E-state index in [4.69, 9.17) is 37.0 Å². The van der Waals surface area contributed by atoms with Crippen LogP contribution in [0.15, 0.2) is 170 Å². The Balaban J connectivity index is 5.48. The Morgan fingerprint density at radius 1 is 0.269 bits per heavy atom. The number of carbonyl (C=O) groups excluding carboxylic acids is 4. The van der Waals surface area contributed by atoms with Crippen molar-refractivity contribution in [3.8, 4) is 0 Å². The summed E-state index contributed by atoms with van der Waals surface area (Å²) in [5.41, 5.74) is 0. The van der Waals surface area contributed by atoms with Gasteiger partial charge in [0.2, 0.25) is 0 Å². The second-order valence-corrected chi connectivity index (χ2v) is 29.8. The number of aliphatic hydroxyl groups excluding tert-OH is 1. The number of phosphoric acid groups is 2. The molecular formula is C89H146O17P2. The molecule has 0 aliphatic rings. The van der Waals surface area contributed by atoms with E-state index in [1.807, 2.05) is 0 Å². The van der Waals surface area contributed by atoms with Gasteiger partial charge in [-0.1, -0.05) is 281 Å². The van der Waals surface area contributed by atoms with Crippen LogP contribution < -0.4 is 0 Å². The van der Waals surface area contributed by atoms with Gasteiger partial charge in [0.1, 0.15) is 19.3 Å². The highest BCUT2D eigenvalue weighted by atomic mass is 31.2. The predicted octanol–water partition coefficient (Wildman–Crippen LogP) is 24.6. The Labute approximate surface area is 654 Å². The maximum Gasteiger partial charge on any atom is 0.472 e. The molecular weight excluding hydrogens is 1400 g/mol. The van der Waals surface area contributed by atoms with Crippen LogP contribution in [-0.4, -0.2) is 96.7 Å². The Morgan fingerprint density at radius 3 is 0.759 bits per heavy atom. The SMILES string of the molecule is CC/C=C\C/C=C\C/C=C\C/C=C\C/C=C\CCCCCC(=O)OCC(COP(=O)(O)OCC(O)COP(=O)(O)OCC(COC(=O)CCCCCCC/C=C\C/C=C\C/C=C\CC)OC(=O)CCCCCCC/C=C\CCCCCCCC)OC(=O)CCCCC/C=C\C/C=C\C/C=C\C/C=C\C/C=C\CC. The summed E-state index contributed by atoms with van der Waals surface area (Å²) in [6.07, 6.45) is 94.6. The van der Waals surface area contributed by atoms with Gasteiger partial charge in [0.15, 0.2) is 12.2 Å². The highest BCUT2D eigenvalue weighted by Gasteiger charge is 2.30. The number of unbranched alkanes of at least 4 members (excludes halogenated alkanes) is 22. The smallest absolute Gasteiger partial charge is 0.462 e. The molecule has 0 aromatic carbocycles. The van der Waals surface area contributed by atoms with Gasteiger partial charge in [-0.25, -0.2) is 9.13 Å². The number of phosphoric ester groups is 2. The lowest BCUT2D eigenvalue weighted by molar-refractivity contribution is -0.161. The predicted molar refractivity (Wildman–Crippen MR) is 445 cm³/mol. The minimum atomic E-state index is -5.01. The molecule has 0 aliphatic carbocycles. The van der Waals surface area contributed by atoms with E-state index in [9.17, 15) is 43.2 Å². The van der Waals surface area contributed by atoms with Crippen molar-refractivity contribution < 1.29 is 80.2 Å². The molecule has 0 heterocycles. The van der Waals surface area contributed by atoms with Crippen LogP contribution >= 0.6 is 15.6 Å². The van der Waals surface area contributed by atoms with Crippen molar-refractivity contribution in [1.82, 2.24) is 0 Å². The van der Waals surface area contributed by atoms with Gasteiger partial charge in [-0.3, -0.25) is 37.3 Å². The normalized spacial score (nSPS) is 14.7. The molecule has 17 nitrogen and oxygen atoms in total. The zero-order chi connectivity index (χ0) is 78.9. The minimum Gasteiger partial charge on any atom is -0.462 e. The van der Waals surface area contributed by atoms with E-state index in [1.165, 1.54) is 38.5 Å². The summed E-state index contributed by atoms with van der Waals surface area (Å²) < 4.78 is 68.7. The molecule has 0 aliphatic heterocycles. The molecule has 0 bridgehead atoms. The van der Waals surface area contributed by atoms with Crippen molar-refractivity contribution in [2.24, 2.45) is 0 Å². The van der Waals surface area contributed by atoms with Crippen LogP contribution in [0.4, 0.5) is 0 Å². The maximum absolute atomic E-state index is 13.1. The standard InChI is InChI=1S/C89H146O17P2/c1-5-9-13-17-21-25-29-33-37-39-41-43-47-50-54-58-62-66-70-74-87(92)100-80-85(106-89(94)76-72-68-64-60-56-52-48-44-42-40-38-34-30-26-22-18-14-10-6-2)82-104-108(97,98)102-78-83(90)77-101-107(95,96)103-81-84(105-88(93)75-71-67-63-59-55-51-46-36-32-28-24-20-16-12-8-4)79-99-86(91)73-69-65-61-57-53-49-45-35-31-27-23-19-15-11-7-3/h9-11,13-15,21-23,25-27,33-38,41-46,50,52,54,56,83-85,90H,5-8,12,16-20,24,28-32,39-40,47-49,51,53,55,57-82H2,1-4H3,(H,95,96)(H,97,98)/b13-9-,14-10-,15-11-,25-21-,26-22-,27-23-,37-33-,38-34-,43-41-,44-42-,45-35-,46-36-,54-50-,56-52-. The first-order valence-electron chi connectivity index (χ1n) is 41.4. The van der Waals surface area contributed by atoms with Crippen LogP contribution in [0.3, 0.4) is 0 Å². The first kappa shape index (κ1) is 102.